The van der Waals surface area contributed by atoms with Gasteiger partial charge in [0.1, 0.15) is 18.1 Å². The molecule has 12 nitrogen and oxygen atoms in total. The third-order valence-corrected chi connectivity index (χ3v) is 10.4. The molecule has 0 saturated carbocycles. The first-order chi connectivity index (χ1) is 21.4. The molecule has 0 aromatic carbocycles. The lowest BCUT2D eigenvalue weighted by atomic mass is 9.78. The number of nitrogens with zero attached hydrogens (tertiary/aromatic N) is 2. The average Bonchev–Trinajstić information content (AvgIpc) is 3.30. The number of hydrogen-bond acceptors (Lipinski definition) is 11. The highest BCUT2D eigenvalue weighted by atomic mass is 16.7. The second-order valence-electron chi connectivity index (χ2n) is 14.5. The van der Waals surface area contributed by atoms with Crippen LogP contribution >= 0.6 is 0 Å². The Labute approximate surface area is 275 Å². The molecule has 3 aliphatic heterocycles. The lowest BCUT2D eigenvalue weighted by Gasteiger charge is -2.47. The second kappa shape index (κ2) is 15.4. The van der Waals surface area contributed by atoms with Gasteiger partial charge in [0.25, 0.3) is 0 Å². The molecule has 1 amide bonds. The quantitative estimate of drug-likeness (QED) is 0.238. The highest BCUT2D eigenvalue weighted by molar-refractivity contribution is 6.00. The van der Waals surface area contributed by atoms with Crippen molar-refractivity contribution in [1.82, 2.24) is 15.1 Å². The Bertz CT molecular complexity index is 1090. The maximum Gasteiger partial charge on any atom is 0.408 e. The van der Waals surface area contributed by atoms with Crippen molar-refractivity contribution in [2.75, 3.05) is 34.3 Å². The smallest absolute Gasteiger partial charge is 0.408 e. The number of alkyl carbamates (subject to hydrolysis) is 1. The molecular weight excluding hydrogens is 594 g/mol. The van der Waals surface area contributed by atoms with E-state index < -0.39 is 71.5 Å². The molecule has 46 heavy (non-hydrogen) atoms. The standard InChI is InChI=1S/C34H59N3O9/c1-13-15-42-33(8)17-19(3)18-37(12)23(7)28-34(9,46-32(41)35-28)25(14-2)44-30(40)22(6)26(38)21(5)29(33)45-31-27(39)24(36(10)11)16-20(4)43-31/h13,19-25,27-29,31,39H,1,14-18H2,2-12H3,(H,35,41)/t19-,20?,21+,22?,23-,24?,25-,27?,28-,29?,31+,33-,34-/m1/s1. The van der Waals surface area contributed by atoms with Crippen LogP contribution in [-0.2, 0) is 33.3 Å². The number of esters is 1. The average molecular weight is 654 g/mol. The fraction of sp³-hybridized carbons (Fsp3) is 0.853. The summed E-state index contributed by atoms with van der Waals surface area (Å²) >= 11 is 0. The van der Waals surface area contributed by atoms with Crippen LogP contribution in [0.2, 0.25) is 0 Å². The van der Waals surface area contributed by atoms with Crippen LogP contribution in [0.1, 0.15) is 74.7 Å². The van der Waals surface area contributed by atoms with E-state index in [2.05, 4.69) is 23.7 Å². The molecule has 0 spiro atoms. The Hall–Kier alpha value is -2.09. The molecule has 0 bridgehead atoms. The van der Waals surface area contributed by atoms with Gasteiger partial charge in [0.2, 0.25) is 0 Å². The molecule has 13 atom stereocenters. The number of hydrogen-bond donors (Lipinski definition) is 2. The number of nitrogens with one attached hydrogen (secondary N) is 1. The fourth-order valence-electron chi connectivity index (χ4n) is 7.70. The monoisotopic (exact) mass is 653 g/mol. The van der Waals surface area contributed by atoms with Crippen molar-refractivity contribution in [3.63, 3.8) is 0 Å². The molecule has 0 radical (unpaired) electrons. The maximum absolute atomic E-state index is 14.2. The van der Waals surface area contributed by atoms with Gasteiger partial charge in [-0.15, -0.1) is 6.58 Å². The maximum atomic E-state index is 14.2. The first-order valence-electron chi connectivity index (χ1n) is 16.7. The molecule has 0 aromatic heterocycles. The van der Waals surface area contributed by atoms with Gasteiger partial charge in [0.15, 0.2) is 17.7 Å². The Balaban J connectivity index is 2.10. The molecule has 3 saturated heterocycles. The van der Waals surface area contributed by atoms with E-state index in [1.807, 2.05) is 53.7 Å². The third kappa shape index (κ3) is 8.13. The number of rotatable bonds is 7. The van der Waals surface area contributed by atoms with Gasteiger partial charge in [-0.25, -0.2) is 4.79 Å². The van der Waals surface area contributed by atoms with Crippen LogP contribution in [0.4, 0.5) is 4.79 Å². The first kappa shape index (κ1) is 38.4. The van der Waals surface area contributed by atoms with Crippen LogP contribution in [-0.4, -0.2) is 127 Å². The van der Waals surface area contributed by atoms with E-state index in [0.29, 0.717) is 25.8 Å². The van der Waals surface area contributed by atoms with Crippen molar-refractivity contribution >= 4 is 17.8 Å². The molecule has 2 N–H and O–H groups in total. The van der Waals surface area contributed by atoms with Gasteiger partial charge in [-0.1, -0.05) is 26.8 Å². The number of likely N-dealkylation sites (N-methyl/N-ethyl adjacent to an activating group) is 2. The predicted molar refractivity (Wildman–Crippen MR) is 173 cm³/mol. The summed E-state index contributed by atoms with van der Waals surface area (Å²) in [6.45, 7) is 19.5. The second-order valence-corrected chi connectivity index (χ2v) is 14.5. The molecule has 5 unspecified atom stereocenters. The van der Waals surface area contributed by atoms with Crippen molar-refractivity contribution in [1.29, 1.82) is 0 Å². The van der Waals surface area contributed by atoms with E-state index in [-0.39, 0.29) is 30.7 Å². The third-order valence-electron chi connectivity index (χ3n) is 10.4. The van der Waals surface area contributed by atoms with Crippen LogP contribution in [0.15, 0.2) is 12.7 Å². The van der Waals surface area contributed by atoms with Crippen molar-refractivity contribution < 1.29 is 43.2 Å². The van der Waals surface area contributed by atoms with Crippen LogP contribution in [0.3, 0.4) is 0 Å². The zero-order valence-corrected chi connectivity index (χ0v) is 29.8. The highest BCUT2D eigenvalue weighted by Crippen LogP contribution is 2.38. The van der Waals surface area contributed by atoms with Gasteiger partial charge in [0, 0.05) is 24.5 Å². The summed E-state index contributed by atoms with van der Waals surface area (Å²) in [6, 6.07) is -0.904. The molecule has 3 aliphatic rings. The number of aliphatic hydroxyl groups excluding tert-OH is 1. The Morgan fingerprint density at radius 1 is 1.15 bits per heavy atom. The topological polar surface area (TPSA) is 136 Å². The van der Waals surface area contributed by atoms with E-state index in [1.165, 1.54) is 6.92 Å². The van der Waals surface area contributed by atoms with Crippen molar-refractivity contribution in [3.05, 3.63) is 12.7 Å². The zero-order chi connectivity index (χ0) is 34.7. The predicted octanol–water partition coefficient (Wildman–Crippen LogP) is 3.15. The summed E-state index contributed by atoms with van der Waals surface area (Å²) in [7, 11) is 5.78. The minimum Gasteiger partial charge on any atom is -0.458 e. The number of cyclic esters (lactones) is 1. The largest absolute Gasteiger partial charge is 0.458 e. The summed E-state index contributed by atoms with van der Waals surface area (Å²) in [5.41, 5.74) is -2.21. The lowest BCUT2D eigenvalue weighted by Crippen LogP contribution is -2.60. The molecular formula is C34H59N3O9. The van der Waals surface area contributed by atoms with Gasteiger partial charge in [-0.3, -0.25) is 9.59 Å². The number of carbonyl (C=O) groups is 3. The molecule has 3 heterocycles. The Kier molecular flexibility index (Phi) is 12.9. The van der Waals surface area contributed by atoms with E-state index in [0.717, 1.165) is 0 Å². The Morgan fingerprint density at radius 3 is 2.39 bits per heavy atom. The van der Waals surface area contributed by atoms with Gasteiger partial charge in [-0.2, -0.15) is 0 Å². The number of fused-ring (bicyclic) bond motifs is 1. The minimum absolute atomic E-state index is 0.0213. The summed E-state index contributed by atoms with van der Waals surface area (Å²) in [5.74, 6) is -3.09. The lowest BCUT2D eigenvalue weighted by molar-refractivity contribution is -0.297. The zero-order valence-electron chi connectivity index (χ0n) is 29.8. The minimum atomic E-state index is -1.16. The molecule has 3 fully saturated rings. The fourth-order valence-corrected chi connectivity index (χ4v) is 7.70. The van der Waals surface area contributed by atoms with Gasteiger partial charge in [-0.05, 0) is 80.9 Å². The summed E-state index contributed by atoms with van der Waals surface area (Å²) < 4.78 is 31.1. The molecule has 0 aromatic rings. The SMILES string of the molecule is C=CCO[C@]1(C)C[C@@H](C)CN(C)[C@H](C)[C@H]2NC(=O)O[C@]2(C)[C@@H](CC)OC(=O)C(C)C(=O)[C@H](C)C1O[C@@H]1OC(C)CC(N(C)C)C1O. The molecule has 264 valence electrons. The number of amides is 1. The highest BCUT2D eigenvalue weighted by Gasteiger charge is 2.56. The Morgan fingerprint density at radius 2 is 1.80 bits per heavy atom. The molecule has 3 rings (SSSR count). The van der Waals surface area contributed by atoms with Crippen LogP contribution < -0.4 is 5.32 Å². The number of ether oxygens (including phenoxy) is 5. The number of ketones is 1. The van der Waals surface area contributed by atoms with Crippen molar-refractivity contribution in [3.8, 4) is 0 Å². The normalized spacial score (nSPS) is 43.6. The van der Waals surface area contributed by atoms with E-state index in [4.69, 9.17) is 23.7 Å². The van der Waals surface area contributed by atoms with E-state index >= 15 is 0 Å². The molecule has 12 heteroatoms. The van der Waals surface area contributed by atoms with Crippen LogP contribution in [0.5, 0.6) is 0 Å². The van der Waals surface area contributed by atoms with Gasteiger partial charge >= 0.3 is 12.1 Å². The number of Topliss-reactive ketones (excluding diaryl/α,β-unsaturated/α-hetero) is 1. The first-order valence-corrected chi connectivity index (χ1v) is 16.7. The van der Waals surface area contributed by atoms with E-state index in [9.17, 15) is 19.5 Å². The van der Waals surface area contributed by atoms with Crippen LogP contribution in [0, 0.1) is 17.8 Å². The number of aliphatic hydroxyl groups is 1. The van der Waals surface area contributed by atoms with Crippen molar-refractivity contribution in [2.24, 2.45) is 17.8 Å². The van der Waals surface area contributed by atoms with Crippen molar-refractivity contribution in [2.45, 2.75) is 135 Å². The van der Waals surface area contributed by atoms with Crippen LogP contribution in [0.25, 0.3) is 0 Å². The van der Waals surface area contributed by atoms with E-state index in [1.54, 1.807) is 19.9 Å². The molecule has 0 aliphatic carbocycles. The van der Waals surface area contributed by atoms with Gasteiger partial charge in [0.05, 0.1) is 30.5 Å². The summed E-state index contributed by atoms with van der Waals surface area (Å²) in [4.78, 5) is 44.5. The summed E-state index contributed by atoms with van der Waals surface area (Å²) in [6.07, 6.45) is -1.38. The van der Waals surface area contributed by atoms with Gasteiger partial charge < -0.3 is 43.9 Å². The number of carbonyl (C=O) groups excluding carboxylic acids is 3. The summed E-state index contributed by atoms with van der Waals surface area (Å²) in [5, 5.41) is 14.3.